The number of rotatable bonds is 5. The van der Waals surface area contributed by atoms with Crippen LogP contribution in [0.5, 0.6) is 0 Å². The molecule has 1 fully saturated rings. The Morgan fingerprint density at radius 1 is 1.03 bits per heavy atom. The average Bonchev–Trinajstić information content (AvgIpc) is 3.42. The zero-order valence-corrected chi connectivity index (χ0v) is 17.0. The second-order valence-corrected chi connectivity index (χ2v) is 8.13. The van der Waals surface area contributed by atoms with Crippen LogP contribution in [0.3, 0.4) is 0 Å². The van der Waals surface area contributed by atoms with Crippen LogP contribution in [0.25, 0.3) is 22.3 Å². The van der Waals surface area contributed by atoms with E-state index in [0.717, 1.165) is 60.3 Å². The predicted octanol–water partition coefficient (Wildman–Crippen LogP) is 4.51. The van der Waals surface area contributed by atoms with E-state index in [2.05, 4.69) is 45.0 Å². The Kier molecular flexibility index (Phi) is 5.10. The Morgan fingerprint density at radius 3 is 2.63 bits per heavy atom. The number of H-pyrrole nitrogens is 1. The number of hydrogen-bond donors (Lipinski definition) is 1. The first kappa shape index (κ1) is 18.7. The number of benzene rings is 2. The van der Waals surface area contributed by atoms with Crippen LogP contribution in [0.15, 0.2) is 73.2 Å². The van der Waals surface area contributed by atoms with Gasteiger partial charge in [-0.1, -0.05) is 48.5 Å². The zero-order chi connectivity index (χ0) is 20.3. The van der Waals surface area contributed by atoms with Crippen LogP contribution < -0.4 is 0 Å². The Hall–Kier alpha value is -3.34. The molecule has 4 aromatic rings. The number of piperidine rings is 1. The molecule has 5 rings (SSSR count). The van der Waals surface area contributed by atoms with Crippen LogP contribution in [0, 0.1) is 5.92 Å². The Morgan fingerprint density at radius 2 is 1.80 bits per heavy atom. The highest BCUT2D eigenvalue weighted by molar-refractivity contribution is 5.88. The fourth-order valence-corrected chi connectivity index (χ4v) is 4.50. The number of nitrogens with one attached hydrogen (secondary N) is 1. The molecule has 1 aliphatic heterocycles. The summed E-state index contributed by atoms with van der Waals surface area (Å²) >= 11 is 0. The summed E-state index contributed by atoms with van der Waals surface area (Å²) in [7, 11) is 0. The molecule has 0 saturated carbocycles. The van der Waals surface area contributed by atoms with Crippen molar-refractivity contribution in [2.75, 3.05) is 13.1 Å². The molecule has 0 spiro atoms. The van der Waals surface area contributed by atoms with Crippen LogP contribution >= 0.6 is 0 Å². The van der Waals surface area contributed by atoms with Gasteiger partial charge in [-0.05, 0) is 30.4 Å². The van der Waals surface area contributed by atoms with Gasteiger partial charge in [-0.3, -0.25) is 4.79 Å². The Bertz CT molecular complexity index is 1140. The molecule has 0 radical (unpaired) electrons. The molecule has 152 valence electrons. The predicted molar refractivity (Wildman–Crippen MR) is 119 cm³/mol. The van der Waals surface area contributed by atoms with Crippen molar-refractivity contribution in [3.05, 3.63) is 78.8 Å². The van der Waals surface area contributed by atoms with Gasteiger partial charge >= 0.3 is 0 Å². The highest BCUT2D eigenvalue weighted by Gasteiger charge is 2.24. The summed E-state index contributed by atoms with van der Waals surface area (Å²) in [5, 5.41) is 1.15. The number of hydrogen-bond acceptors (Lipinski definition) is 2. The summed E-state index contributed by atoms with van der Waals surface area (Å²) in [6.45, 7) is 2.62. The number of aromatic nitrogens is 3. The SMILES string of the molecule is O=C(Cc1c[nH]c2ccccc12)N1CCC(Cn2ccnc2-c2ccccc2)CC1. The number of fused-ring (bicyclic) bond motifs is 1. The van der Waals surface area contributed by atoms with Crippen molar-refractivity contribution in [3.63, 3.8) is 0 Å². The first-order valence-corrected chi connectivity index (χ1v) is 10.7. The van der Waals surface area contributed by atoms with E-state index >= 15 is 0 Å². The topological polar surface area (TPSA) is 53.9 Å². The van der Waals surface area contributed by atoms with E-state index < -0.39 is 0 Å². The third kappa shape index (κ3) is 3.75. The molecule has 2 aromatic heterocycles. The van der Waals surface area contributed by atoms with Gasteiger partial charge in [0.05, 0.1) is 6.42 Å². The molecule has 0 bridgehead atoms. The number of carbonyl (C=O) groups is 1. The molecule has 1 N–H and O–H groups in total. The second kappa shape index (κ2) is 8.19. The van der Waals surface area contributed by atoms with Crippen molar-refractivity contribution in [2.45, 2.75) is 25.8 Å². The largest absolute Gasteiger partial charge is 0.361 e. The molecule has 2 aromatic carbocycles. The number of carbonyl (C=O) groups excluding carboxylic acids is 1. The van der Waals surface area contributed by atoms with Crippen molar-refractivity contribution in [1.82, 2.24) is 19.4 Å². The molecule has 1 amide bonds. The van der Waals surface area contributed by atoms with E-state index in [-0.39, 0.29) is 5.91 Å². The van der Waals surface area contributed by atoms with Crippen LogP contribution in [0.1, 0.15) is 18.4 Å². The molecule has 30 heavy (non-hydrogen) atoms. The monoisotopic (exact) mass is 398 g/mol. The molecule has 1 aliphatic rings. The highest BCUT2D eigenvalue weighted by atomic mass is 16.2. The summed E-state index contributed by atoms with van der Waals surface area (Å²) in [4.78, 5) is 22.7. The molecule has 5 heteroatoms. The first-order chi connectivity index (χ1) is 14.8. The van der Waals surface area contributed by atoms with Gasteiger partial charge in [0, 0.05) is 54.7 Å². The molecule has 0 atom stereocenters. The minimum absolute atomic E-state index is 0.228. The molecule has 0 unspecified atom stereocenters. The van der Waals surface area contributed by atoms with E-state index in [1.165, 1.54) is 0 Å². The van der Waals surface area contributed by atoms with Crippen LogP contribution in [-0.2, 0) is 17.8 Å². The standard InChI is InChI=1S/C25H26N4O/c30-24(16-21-17-27-23-9-5-4-8-22(21)23)28-13-10-19(11-14-28)18-29-15-12-26-25(29)20-6-2-1-3-7-20/h1-9,12,15,17,19,27H,10-11,13-14,16,18H2. The number of imidazole rings is 1. The Balaban J connectivity index is 1.19. The molecular formula is C25H26N4O. The number of nitrogens with zero attached hydrogens (tertiary/aromatic N) is 3. The van der Waals surface area contributed by atoms with Crippen LogP contribution in [-0.4, -0.2) is 38.4 Å². The fourth-order valence-electron chi connectivity index (χ4n) is 4.50. The van der Waals surface area contributed by atoms with Gasteiger partial charge < -0.3 is 14.5 Å². The van der Waals surface area contributed by atoms with Gasteiger partial charge in [-0.15, -0.1) is 0 Å². The maximum Gasteiger partial charge on any atom is 0.227 e. The third-order valence-corrected chi connectivity index (χ3v) is 6.19. The van der Waals surface area contributed by atoms with Crippen molar-refractivity contribution in [1.29, 1.82) is 0 Å². The number of likely N-dealkylation sites (tertiary alicyclic amines) is 1. The fraction of sp³-hybridized carbons (Fsp3) is 0.280. The van der Waals surface area contributed by atoms with Crippen molar-refractivity contribution in [2.24, 2.45) is 5.92 Å². The van der Waals surface area contributed by atoms with E-state index in [1.807, 2.05) is 47.6 Å². The number of para-hydroxylation sites is 1. The lowest BCUT2D eigenvalue weighted by Crippen LogP contribution is -2.40. The van der Waals surface area contributed by atoms with Gasteiger partial charge in [0.1, 0.15) is 5.82 Å². The van der Waals surface area contributed by atoms with Crippen molar-refractivity contribution in [3.8, 4) is 11.4 Å². The van der Waals surface area contributed by atoms with Gasteiger partial charge in [0.25, 0.3) is 0 Å². The lowest BCUT2D eigenvalue weighted by Gasteiger charge is -2.32. The average molecular weight is 399 g/mol. The number of amides is 1. The number of aromatic amines is 1. The second-order valence-electron chi connectivity index (χ2n) is 8.13. The van der Waals surface area contributed by atoms with E-state index in [1.54, 1.807) is 0 Å². The van der Waals surface area contributed by atoms with Crippen molar-refractivity contribution < 1.29 is 4.79 Å². The minimum Gasteiger partial charge on any atom is -0.361 e. The zero-order valence-electron chi connectivity index (χ0n) is 17.0. The summed E-state index contributed by atoms with van der Waals surface area (Å²) in [5.41, 5.74) is 3.33. The van der Waals surface area contributed by atoms with E-state index in [9.17, 15) is 4.79 Å². The Labute approximate surface area is 176 Å². The summed E-state index contributed by atoms with van der Waals surface area (Å²) in [6.07, 6.45) is 8.45. The van der Waals surface area contributed by atoms with Crippen LogP contribution in [0.2, 0.25) is 0 Å². The lowest BCUT2D eigenvalue weighted by molar-refractivity contribution is -0.131. The van der Waals surface area contributed by atoms with Crippen molar-refractivity contribution >= 4 is 16.8 Å². The highest BCUT2D eigenvalue weighted by Crippen LogP contribution is 2.24. The van der Waals surface area contributed by atoms with Crippen LogP contribution in [0.4, 0.5) is 0 Å². The molecule has 1 saturated heterocycles. The molecule has 5 nitrogen and oxygen atoms in total. The third-order valence-electron chi connectivity index (χ3n) is 6.19. The summed E-state index contributed by atoms with van der Waals surface area (Å²) in [5.74, 6) is 1.82. The smallest absolute Gasteiger partial charge is 0.227 e. The molecule has 0 aliphatic carbocycles. The van der Waals surface area contributed by atoms with Gasteiger partial charge in [-0.25, -0.2) is 4.98 Å². The summed E-state index contributed by atoms with van der Waals surface area (Å²) in [6, 6.07) is 18.5. The van der Waals surface area contributed by atoms with E-state index in [0.29, 0.717) is 12.3 Å². The van der Waals surface area contributed by atoms with Gasteiger partial charge in [-0.2, -0.15) is 0 Å². The normalized spacial score (nSPS) is 15.0. The first-order valence-electron chi connectivity index (χ1n) is 10.7. The maximum atomic E-state index is 12.9. The maximum absolute atomic E-state index is 12.9. The minimum atomic E-state index is 0.228. The van der Waals surface area contributed by atoms with Gasteiger partial charge in [0.2, 0.25) is 5.91 Å². The quantitative estimate of drug-likeness (QED) is 0.538. The molecular weight excluding hydrogens is 372 g/mol. The lowest BCUT2D eigenvalue weighted by atomic mass is 9.96. The molecule has 3 heterocycles. The summed E-state index contributed by atoms with van der Waals surface area (Å²) < 4.78 is 2.25. The van der Waals surface area contributed by atoms with Gasteiger partial charge in [0.15, 0.2) is 0 Å². The van der Waals surface area contributed by atoms with E-state index in [4.69, 9.17) is 0 Å².